The van der Waals surface area contributed by atoms with E-state index in [2.05, 4.69) is 15.1 Å². The molecule has 1 fully saturated rings. The molecule has 0 atom stereocenters. The lowest BCUT2D eigenvalue weighted by Crippen LogP contribution is -2.25. The van der Waals surface area contributed by atoms with Crippen LogP contribution < -0.4 is 10.0 Å². The molecule has 9 heteroatoms. The van der Waals surface area contributed by atoms with Crippen molar-refractivity contribution >= 4 is 21.6 Å². The van der Waals surface area contributed by atoms with Crippen molar-refractivity contribution in [1.82, 2.24) is 14.5 Å². The molecule has 1 aliphatic carbocycles. The highest BCUT2D eigenvalue weighted by atomic mass is 32.2. The Hall–Kier alpha value is -3.04. The number of halogens is 1. The Morgan fingerprint density at radius 3 is 2.50 bits per heavy atom. The van der Waals surface area contributed by atoms with Gasteiger partial charge in [-0.05, 0) is 61.4 Å². The zero-order valence-electron chi connectivity index (χ0n) is 14.7. The van der Waals surface area contributed by atoms with Crippen LogP contribution in [0.5, 0.6) is 0 Å². The zero-order valence-corrected chi connectivity index (χ0v) is 15.5. The Morgan fingerprint density at radius 1 is 1.14 bits per heavy atom. The zero-order chi connectivity index (χ0) is 19.7. The van der Waals surface area contributed by atoms with Crippen LogP contribution in [0.1, 0.15) is 23.2 Å². The molecule has 1 saturated carbocycles. The van der Waals surface area contributed by atoms with Crippen molar-refractivity contribution in [2.75, 3.05) is 5.32 Å². The summed E-state index contributed by atoms with van der Waals surface area (Å²) in [5, 5.41) is 6.57. The number of benzene rings is 2. The molecule has 0 aliphatic heterocycles. The molecule has 1 amide bonds. The molecule has 2 aromatic carbocycles. The first-order chi connectivity index (χ1) is 13.4. The first-order valence-electron chi connectivity index (χ1n) is 8.66. The van der Waals surface area contributed by atoms with Crippen LogP contribution in [0.3, 0.4) is 0 Å². The highest BCUT2D eigenvalue weighted by Crippen LogP contribution is 2.23. The number of nitrogens with one attached hydrogen (secondary N) is 2. The van der Waals surface area contributed by atoms with Crippen molar-refractivity contribution in [2.45, 2.75) is 23.8 Å². The second-order valence-corrected chi connectivity index (χ2v) is 8.20. The van der Waals surface area contributed by atoms with Gasteiger partial charge in [0.15, 0.2) is 5.82 Å². The van der Waals surface area contributed by atoms with E-state index in [0.29, 0.717) is 0 Å². The lowest BCUT2D eigenvalue weighted by molar-refractivity contribution is 0.102. The Bertz CT molecular complexity index is 1110. The number of aromatic nitrogens is 2. The van der Waals surface area contributed by atoms with E-state index < -0.39 is 21.7 Å². The third-order valence-corrected chi connectivity index (χ3v) is 5.82. The number of hydrogen-bond donors (Lipinski definition) is 2. The smallest absolute Gasteiger partial charge is 0.255 e. The van der Waals surface area contributed by atoms with Crippen LogP contribution in [0.2, 0.25) is 0 Å². The van der Waals surface area contributed by atoms with Gasteiger partial charge in [0.1, 0.15) is 5.69 Å². The summed E-state index contributed by atoms with van der Waals surface area (Å²) in [5.41, 5.74) is 0.813. The quantitative estimate of drug-likeness (QED) is 0.665. The summed E-state index contributed by atoms with van der Waals surface area (Å²) < 4.78 is 42.6. The predicted molar refractivity (Wildman–Crippen MR) is 101 cm³/mol. The minimum Gasteiger partial charge on any atom is -0.322 e. The van der Waals surface area contributed by atoms with Crippen LogP contribution in [0.4, 0.5) is 10.1 Å². The van der Waals surface area contributed by atoms with Crippen LogP contribution >= 0.6 is 0 Å². The second-order valence-electron chi connectivity index (χ2n) is 6.49. The maximum atomic E-state index is 14.3. The Balaban J connectivity index is 1.47. The average molecular weight is 400 g/mol. The van der Waals surface area contributed by atoms with Crippen molar-refractivity contribution in [2.24, 2.45) is 0 Å². The maximum Gasteiger partial charge on any atom is 0.255 e. The third-order valence-electron chi connectivity index (χ3n) is 4.28. The normalized spacial score (nSPS) is 14.0. The number of amides is 1. The summed E-state index contributed by atoms with van der Waals surface area (Å²) in [6, 6.07) is 11.6. The summed E-state index contributed by atoms with van der Waals surface area (Å²) in [6.07, 6.45) is 4.84. The van der Waals surface area contributed by atoms with E-state index in [-0.39, 0.29) is 27.9 Å². The van der Waals surface area contributed by atoms with Gasteiger partial charge in [0.25, 0.3) is 5.91 Å². The summed E-state index contributed by atoms with van der Waals surface area (Å²) in [6.45, 7) is 0. The number of carbonyl (C=O) groups is 1. The maximum absolute atomic E-state index is 14.3. The van der Waals surface area contributed by atoms with E-state index in [0.717, 1.165) is 12.8 Å². The lowest BCUT2D eigenvalue weighted by atomic mass is 10.2. The van der Waals surface area contributed by atoms with Crippen molar-refractivity contribution in [1.29, 1.82) is 0 Å². The Morgan fingerprint density at radius 2 is 1.89 bits per heavy atom. The van der Waals surface area contributed by atoms with Crippen molar-refractivity contribution in [3.63, 3.8) is 0 Å². The van der Waals surface area contributed by atoms with Gasteiger partial charge in [-0.15, -0.1) is 0 Å². The molecule has 1 heterocycles. The SMILES string of the molecule is O=C(Nc1ccc(-n2cccn2)c(F)c1)c1ccc(S(=O)(=O)NC2CC2)cc1. The van der Waals surface area contributed by atoms with Crippen LogP contribution in [0, 0.1) is 5.82 Å². The Labute approximate surface area is 161 Å². The lowest BCUT2D eigenvalue weighted by Gasteiger charge is -2.09. The minimum atomic E-state index is -3.57. The van der Waals surface area contributed by atoms with Gasteiger partial charge in [-0.1, -0.05) is 0 Å². The van der Waals surface area contributed by atoms with E-state index >= 15 is 0 Å². The molecule has 1 aliphatic rings. The highest BCUT2D eigenvalue weighted by molar-refractivity contribution is 7.89. The van der Waals surface area contributed by atoms with Crippen LogP contribution in [-0.2, 0) is 10.0 Å². The van der Waals surface area contributed by atoms with Crippen molar-refractivity contribution < 1.29 is 17.6 Å². The fourth-order valence-electron chi connectivity index (χ4n) is 2.66. The topological polar surface area (TPSA) is 93.1 Å². The molecule has 3 aromatic rings. The minimum absolute atomic E-state index is 0.00702. The van der Waals surface area contributed by atoms with Gasteiger partial charge in [0.05, 0.1) is 4.90 Å². The van der Waals surface area contributed by atoms with Crippen LogP contribution in [0.25, 0.3) is 5.69 Å². The molecule has 4 rings (SSSR count). The molecular formula is C19H17FN4O3S. The second kappa shape index (κ2) is 7.17. The monoisotopic (exact) mass is 400 g/mol. The van der Waals surface area contributed by atoms with Gasteiger partial charge in [-0.2, -0.15) is 5.10 Å². The first kappa shape index (κ1) is 18.3. The number of nitrogens with zero attached hydrogens (tertiary/aromatic N) is 2. The summed E-state index contributed by atoms with van der Waals surface area (Å²) in [7, 11) is -3.57. The summed E-state index contributed by atoms with van der Waals surface area (Å²) in [4.78, 5) is 12.5. The summed E-state index contributed by atoms with van der Waals surface area (Å²) in [5.74, 6) is -1.00. The Kier molecular flexibility index (Phi) is 4.70. The molecule has 0 spiro atoms. The van der Waals surface area contributed by atoms with Gasteiger partial charge in [-0.25, -0.2) is 22.2 Å². The fraction of sp³-hybridized carbons (Fsp3) is 0.158. The molecule has 7 nitrogen and oxygen atoms in total. The number of hydrogen-bond acceptors (Lipinski definition) is 4. The number of anilines is 1. The largest absolute Gasteiger partial charge is 0.322 e. The van der Waals surface area contributed by atoms with Crippen LogP contribution in [-0.4, -0.2) is 30.1 Å². The third kappa shape index (κ3) is 3.95. The molecule has 0 radical (unpaired) electrons. The molecular weight excluding hydrogens is 383 g/mol. The molecule has 0 unspecified atom stereocenters. The van der Waals surface area contributed by atoms with E-state index in [1.54, 1.807) is 24.5 Å². The van der Waals surface area contributed by atoms with E-state index in [4.69, 9.17) is 0 Å². The van der Waals surface area contributed by atoms with Gasteiger partial charge >= 0.3 is 0 Å². The van der Waals surface area contributed by atoms with Gasteiger partial charge in [0.2, 0.25) is 10.0 Å². The number of carbonyl (C=O) groups excluding carboxylic acids is 1. The van der Waals surface area contributed by atoms with Crippen molar-refractivity contribution in [3.8, 4) is 5.69 Å². The fourth-order valence-corrected chi connectivity index (χ4v) is 3.96. The predicted octanol–water partition coefficient (Wildman–Crippen LogP) is 2.70. The van der Waals surface area contributed by atoms with E-state index in [9.17, 15) is 17.6 Å². The molecule has 144 valence electrons. The van der Waals surface area contributed by atoms with Gasteiger partial charge < -0.3 is 5.32 Å². The molecule has 1 aromatic heterocycles. The number of sulfonamides is 1. The molecule has 2 N–H and O–H groups in total. The van der Waals surface area contributed by atoms with E-state index in [1.807, 2.05) is 0 Å². The molecule has 28 heavy (non-hydrogen) atoms. The van der Waals surface area contributed by atoms with Crippen molar-refractivity contribution in [3.05, 3.63) is 72.3 Å². The molecule has 0 saturated heterocycles. The average Bonchev–Trinajstić information content (AvgIpc) is 3.30. The van der Waals surface area contributed by atoms with Gasteiger partial charge in [0, 0.05) is 29.7 Å². The molecule has 0 bridgehead atoms. The standard InChI is InChI=1S/C19H17FN4O3S/c20-17-12-15(6-9-18(17)24-11-1-10-21-24)22-19(25)13-2-7-16(8-3-13)28(26,27)23-14-4-5-14/h1-3,6-12,14,23H,4-5H2,(H,22,25). The summed E-state index contributed by atoms with van der Waals surface area (Å²) >= 11 is 0. The number of rotatable bonds is 6. The highest BCUT2D eigenvalue weighted by Gasteiger charge is 2.28. The van der Waals surface area contributed by atoms with Crippen LogP contribution in [0.15, 0.2) is 65.8 Å². The van der Waals surface area contributed by atoms with E-state index in [1.165, 1.54) is 41.1 Å². The first-order valence-corrected chi connectivity index (χ1v) is 10.1. The van der Waals surface area contributed by atoms with Gasteiger partial charge in [-0.3, -0.25) is 4.79 Å².